The maximum absolute atomic E-state index is 14.3. The average molecular weight is 579 g/mol. The summed E-state index contributed by atoms with van der Waals surface area (Å²) in [6, 6.07) is 8.79. The molecular weight excluding hydrogens is 551 g/mol. The molecule has 1 saturated carbocycles. The number of hydrogen-bond donors (Lipinski definition) is 3. The third kappa shape index (κ3) is 7.72. The molecule has 3 N–H and O–H groups in total. The molecule has 3 aromatic carbocycles. The lowest BCUT2D eigenvalue weighted by molar-refractivity contribution is -0.138. The second kappa shape index (κ2) is 12.1. The van der Waals surface area contributed by atoms with Gasteiger partial charge >= 0.3 is 6.18 Å². The Bertz CT molecular complexity index is 1460. The van der Waals surface area contributed by atoms with Gasteiger partial charge in [0.15, 0.2) is 11.6 Å². The minimum atomic E-state index is -4.74. The topological polar surface area (TPSA) is 96.9 Å². The molecule has 2 amide bonds. The number of ether oxygens (including phenoxy) is 2. The Kier molecular flexibility index (Phi) is 8.81. The van der Waals surface area contributed by atoms with E-state index in [2.05, 4.69) is 10.6 Å². The molecule has 0 aliphatic heterocycles. The van der Waals surface area contributed by atoms with Gasteiger partial charge in [-0.25, -0.2) is 8.78 Å². The fourth-order valence-corrected chi connectivity index (χ4v) is 4.08. The molecule has 12 heteroatoms. The average Bonchev–Trinajstić information content (AvgIpc) is 3.74. The lowest BCUT2D eigenvalue weighted by atomic mass is 9.98. The van der Waals surface area contributed by atoms with Crippen LogP contribution in [0.5, 0.6) is 17.2 Å². The highest BCUT2D eigenvalue weighted by Crippen LogP contribution is 2.48. The maximum atomic E-state index is 14.3. The number of halogens is 5. The van der Waals surface area contributed by atoms with E-state index in [0.717, 1.165) is 24.3 Å². The van der Waals surface area contributed by atoms with Gasteiger partial charge in [0.2, 0.25) is 5.91 Å². The Morgan fingerprint density at radius 2 is 1.76 bits per heavy atom. The van der Waals surface area contributed by atoms with Crippen molar-refractivity contribution in [3.05, 3.63) is 82.4 Å². The zero-order chi connectivity index (χ0) is 29.9. The number of alkyl halides is 3. The van der Waals surface area contributed by atoms with Crippen LogP contribution in [0, 0.1) is 18.6 Å². The van der Waals surface area contributed by atoms with E-state index in [9.17, 15) is 36.6 Å². The van der Waals surface area contributed by atoms with Crippen LogP contribution in [0.3, 0.4) is 0 Å². The summed E-state index contributed by atoms with van der Waals surface area (Å²) >= 11 is 0. The molecule has 4 rings (SSSR count). The summed E-state index contributed by atoms with van der Waals surface area (Å²) in [5.74, 6) is -3.40. The second-order valence-electron chi connectivity index (χ2n) is 9.72. The number of nitrogens with one attached hydrogen (secondary N) is 2. The van der Waals surface area contributed by atoms with Gasteiger partial charge < -0.3 is 25.2 Å². The van der Waals surface area contributed by atoms with E-state index in [-0.39, 0.29) is 53.5 Å². The van der Waals surface area contributed by atoms with Crippen LogP contribution in [-0.4, -0.2) is 36.2 Å². The molecule has 0 bridgehead atoms. The molecule has 1 aliphatic carbocycles. The molecule has 1 aliphatic rings. The molecule has 1 fully saturated rings. The summed E-state index contributed by atoms with van der Waals surface area (Å²) in [7, 11) is 0. The van der Waals surface area contributed by atoms with Crippen molar-refractivity contribution in [2.45, 2.75) is 44.9 Å². The summed E-state index contributed by atoms with van der Waals surface area (Å²) in [6.07, 6.45) is -4.79. The van der Waals surface area contributed by atoms with Crippen molar-refractivity contribution in [1.29, 1.82) is 0 Å². The number of aliphatic hydroxyl groups excluding tert-OH is 1. The van der Waals surface area contributed by atoms with Crippen LogP contribution in [0.25, 0.3) is 0 Å². The highest BCUT2D eigenvalue weighted by Gasteiger charge is 2.40. The van der Waals surface area contributed by atoms with Crippen molar-refractivity contribution in [3.63, 3.8) is 0 Å². The summed E-state index contributed by atoms with van der Waals surface area (Å²) < 4.78 is 81.1. The summed E-state index contributed by atoms with van der Waals surface area (Å²) in [5.41, 5.74) is -1.05. The fraction of sp³-hybridized carbons (Fsp3) is 0.310. The Hall–Kier alpha value is -4.19. The van der Waals surface area contributed by atoms with E-state index in [4.69, 9.17) is 9.47 Å². The summed E-state index contributed by atoms with van der Waals surface area (Å²) in [5, 5.41) is 14.7. The number of benzene rings is 3. The smallest absolute Gasteiger partial charge is 0.416 e. The van der Waals surface area contributed by atoms with E-state index < -0.39 is 40.9 Å². The first-order valence-corrected chi connectivity index (χ1v) is 12.7. The Balaban J connectivity index is 1.63. The predicted molar refractivity (Wildman–Crippen MR) is 139 cm³/mol. The van der Waals surface area contributed by atoms with Crippen LogP contribution in [0.2, 0.25) is 0 Å². The lowest BCUT2D eigenvalue weighted by Gasteiger charge is -2.19. The van der Waals surface area contributed by atoms with Crippen LogP contribution in [0.1, 0.15) is 52.7 Å². The monoisotopic (exact) mass is 578 g/mol. The highest BCUT2D eigenvalue weighted by molar-refractivity contribution is 6.06. The number of aliphatic hydroxyl groups is 1. The molecule has 41 heavy (non-hydrogen) atoms. The van der Waals surface area contributed by atoms with E-state index in [1.54, 1.807) is 6.92 Å². The predicted octanol–water partition coefficient (Wildman–Crippen LogP) is 6.09. The Morgan fingerprint density at radius 1 is 1.02 bits per heavy atom. The van der Waals surface area contributed by atoms with Crippen molar-refractivity contribution in [3.8, 4) is 17.2 Å². The van der Waals surface area contributed by atoms with E-state index in [0.29, 0.717) is 18.4 Å². The number of rotatable bonds is 10. The summed E-state index contributed by atoms with van der Waals surface area (Å²) in [4.78, 5) is 24.3. The van der Waals surface area contributed by atoms with Crippen molar-refractivity contribution >= 4 is 17.5 Å². The largest absolute Gasteiger partial charge is 0.488 e. The molecule has 0 heterocycles. The first kappa shape index (κ1) is 29.8. The number of aryl methyl sites for hydroxylation is 1. The molecule has 0 radical (unpaired) electrons. The Labute approximate surface area is 232 Å². The Morgan fingerprint density at radius 3 is 2.39 bits per heavy atom. The van der Waals surface area contributed by atoms with Gasteiger partial charge in [-0.2, -0.15) is 13.2 Å². The molecule has 1 atom stereocenters. The standard InChI is InChI=1S/C29H27F5N2O5/c1-15-9-18(30)5-8-25(15)41-26-12-21(17-3-4-17)23(29(32,33)34)11-22(26)28(39)36-19-6-7-24(31)27(10-19)40-14-20(38)13-35-16(2)37/h5-12,17,20,38H,3-4,13-14H2,1-2H3,(H,35,37)(H,36,39). The molecule has 1 unspecified atom stereocenters. The van der Waals surface area contributed by atoms with Crippen molar-refractivity contribution in [2.75, 3.05) is 18.5 Å². The highest BCUT2D eigenvalue weighted by atomic mass is 19.4. The van der Waals surface area contributed by atoms with E-state index in [1.807, 2.05) is 0 Å². The summed E-state index contributed by atoms with van der Waals surface area (Å²) in [6.45, 7) is 2.29. The van der Waals surface area contributed by atoms with Crippen LogP contribution in [0.4, 0.5) is 27.6 Å². The van der Waals surface area contributed by atoms with E-state index >= 15 is 0 Å². The first-order chi connectivity index (χ1) is 19.3. The maximum Gasteiger partial charge on any atom is 0.416 e. The van der Waals surface area contributed by atoms with Crippen molar-refractivity contribution < 1.29 is 46.1 Å². The molecule has 7 nitrogen and oxygen atoms in total. The first-order valence-electron chi connectivity index (χ1n) is 12.7. The second-order valence-corrected chi connectivity index (χ2v) is 9.72. The van der Waals surface area contributed by atoms with Crippen LogP contribution >= 0.6 is 0 Å². The van der Waals surface area contributed by atoms with Gasteiger partial charge in [-0.3, -0.25) is 9.59 Å². The number of hydrogen-bond acceptors (Lipinski definition) is 5. The zero-order valence-electron chi connectivity index (χ0n) is 22.1. The minimum Gasteiger partial charge on any atom is -0.488 e. The SMILES string of the molecule is CC(=O)NCC(O)COc1cc(NC(=O)c2cc(C(F)(F)F)c(C3CC3)cc2Oc2ccc(F)cc2C)ccc1F. The molecular formula is C29H27F5N2O5. The minimum absolute atomic E-state index is 0.000830. The fourth-order valence-electron chi connectivity index (χ4n) is 4.08. The zero-order valence-corrected chi connectivity index (χ0v) is 22.1. The third-order valence-electron chi connectivity index (χ3n) is 6.28. The van der Waals surface area contributed by atoms with Crippen LogP contribution in [-0.2, 0) is 11.0 Å². The van der Waals surface area contributed by atoms with Gasteiger partial charge in [0.1, 0.15) is 30.0 Å². The lowest BCUT2D eigenvalue weighted by Crippen LogP contribution is -2.34. The van der Waals surface area contributed by atoms with Crippen molar-refractivity contribution in [2.24, 2.45) is 0 Å². The van der Waals surface area contributed by atoms with E-state index in [1.165, 1.54) is 31.2 Å². The third-order valence-corrected chi connectivity index (χ3v) is 6.28. The number of anilines is 1. The van der Waals surface area contributed by atoms with Crippen molar-refractivity contribution in [1.82, 2.24) is 5.32 Å². The number of amides is 2. The number of carbonyl (C=O) groups excluding carboxylic acids is 2. The normalized spacial score (nSPS) is 13.9. The quantitative estimate of drug-likeness (QED) is 0.253. The molecule has 0 spiro atoms. The van der Waals surface area contributed by atoms with Gasteiger partial charge in [0.25, 0.3) is 5.91 Å². The van der Waals surface area contributed by atoms with Gasteiger partial charge in [-0.15, -0.1) is 0 Å². The molecule has 3 aromatic rings. The molecule has 218 valence electrons. The molecule has 0 saturated heterocycles. The van der Waals surface area contributed by atoms with Gasteiger partial charge in [-0.05, 0) is 79.3 Å². The van der Waals surface area contributed by atoms with Crippen LogP contribution < -0.4 is 20.1 Å². The van der Waals surface area contributed by atoms with Gasteiger partial charge in [0.05, 0.1) is 11.1 Å². The van der Waals surface area contributed by atoms with Gasteiger partial charge in [-0.1, -0.05) is 0 Å². The molecule has 0 aromatic heterocycles. The van der Waals surface area contributed by atoms with Crippen LogP contribution in [0.15, 0.2) is 48.5 Å². The van der Waals surface area contributed by atoms with Gasteiger partial charge in [0, 0.05) is 25.2 Å². The number of carbonyl (C=O) groups is 2.